The van der Waals surface area contributed by atoms with Gasteiger partial charge >= 0.3 is 0 Å². The predicted octanol–water partition coefficient (Wildman–Crippen LogP) is 4.45. The largest absolute Gasteiger partial charge is 0.324 e. The highest BCUT2D eigenvalue weighted by Crippen LogP contribution is 2.28. The molecule has 0 fully saturated rings. The van der Waals surface area contributed by atoms with Crippen molar-refractivity contribution in [2.45, 2.75) is 40.2 Å². The fourth-order valence-corrected chi connectivity index (χ4v) is 4.20. The Labute approximate surface area is 166 Å². The maximum Gasteiger partial charge on any atom is 0.248 e. The molecule has 1 unspecified atom stereocenters. The summed E-state index contributed by atoms with van der Waals surface area (Å²) in [5, 5.41) is 3.28. The minimum absolute atomic E-state index is 0.315. The zero-order chi connectivity index (χ0) is 20.4. The SMILES string of the molecule is CCC(C(=O)Nc1ccc(C)c(C)c1)N(c1ccc(C)c(Cl)c1)S(C)(=O)=O. The lowest BCUT2D eigenvalue weighted by Crippen LogP contribution is -2.47. The summed E-state index contributed by atoms with van der Waals surface area (Å²) in [4.78, 5) is 12.9. The molecule has 146 valence electrons. The third kappa shape index (κ3) is 5.02. The van der Waals surface area contributed by atoms with Gasteiger partial charge in [0.15, 0.2) is 0 Å². The Morgan fingerprint density at radius 3 is 2.22 bits per heavy atom. The van der Waals surface area contributed by atoms with Crippen LogP contribution in [0.2, 0.25) is 5.02 Å². The lowest BCUT2D eigenvalue weighted by atomic mass is 10.1. The van der Waals surface area contributed by atoms with Gasteiger partial charge in [0, 0.05) is 10.7 Å². The predicted molar refractivity (Wildman–Crippen MR) is 112 cm³/mol. The van der Waals surface area contributed by atoms with Crippen LogP contribution >= 0.6 is 11.6 Å². The molecule has 0 heterocycles. The Morgan fingerprint density at radius 2 is 1.70 bits per heavy atom. The Kier molecular flexibility index (Phi) is 6.54. The molecule has 0 saturated heterocycles. The standard InChI is InChI=1S/C20H25ClN2O3S/c1-6-19(20(24)22-16-9-7-13(2)15(4)11-16)23(27(5,25)26)17-10-8-14(3)18(21)12-17/h7-12,19H,6H2,1-5H3,(H,22,24). The van der Waals surface area contributed by atoms with Gasteiger partial charge in [0.1, 0.15) is 6.04 Å². The van der Waals surface area contributed by atoms with Crippen molar-refractivity contribution in [3.8, 4) is 0 Å². The van der Waals surface area contributed by atoms with Crippen LogP contribution in [0, 0.1) is 20.8 Å². The second-order valence-electron chi connectivity index (χ2n) is 6.70. The van der Waals surface area contributed by atoms with E-state index < -0.39 is 16.1 Å². The van der Waals surface area contributed by atoms with Gasteiger partial charge in [-0.2, -0.15) is 0 Å². The number of amides is 1. The van der Waals surface area contributed by atoms with Crippen molar-refractivity contribution in [1.82, 2.24) is 0 Å². The zero-order valence-electron chi connectivity index (χ0n) is 16.2. The van der Waals surface area contributed by atoms with Crippen molar-refractivity contribution in [2.75, 3.05) is 15.9 Å². The summed E-state index contributed by atoms with van der Waals surface area (Å²) in [6.07, 6.45) is 1.40. The number of rotatable bonds is 6. The van der Waals surface area contributed by atoms with Gasteiger partial charge in [-0.3, -0.25) is 9.10 Å². The summed E-state index contributed by atoms with van der Waals surface area (Å²) in [7, 11) is -3.70. The topological polar surface area (TPSA) is 66.5 Å². The number of halogens is 1. The number of carbonyl (C=O) groups excluding carboxylic acids is 1. The summed E-state index contributed by atoms with van der Waals surface area (Å²) >= 11 is 6.18. The number of carbonyl (C=O) groups is 1. The van der Waals surface area contributed by atoms with Gasteiger partial charge in [0.05, 0.1) is 11.9 Å². The first-order valence-corrected chi connectivity index (χ1v) is 10.9. The zero-order valence-corrected chi connectivity index (χ0v) is 17.8. The summed E-state index contributed by atoms with van der Waals surface area (Å²) in [5.74, 6) is -0.386. The first-order valence-electron chi connectivity index (χ1n) is 8.68. The molecule has 1 amide bonds. The monoisotopic (exact) mass is 408 g/mol. The molecule has 0 aromatic heterocycles. The van der Waals surface area contributed by atoms with Gasteiger partial charge in [-0.25, -0.2) is 8.42 Å². The van der Waals surface area contributed by atoms with E-state index in [2.05, 4.69) is 5.32 Å². The number of anilines is 2. The summed E-state index contributed by atoms with van der Waals surface area (Å²) in [6.45, 7) is 7.56. The second kappa shape index (κ2) is 8.31. The van der Waals surface area contributed by atoms with Crippen molar-refractivity contribution < 1.29 is 13.2 Å². The van der Waals surface area contributed by atoms with Crippen LogP contribution in [-0.2, 0) is 14.8 Å². The lowest BCUT2D eigenvalue weighted by molar-refractivity contribution is -0.117. The smallest absolute Gasteiger partial charge is 0.248 e. The van der Waals surface area contributed by atoms with Gasteiger partial charge in [0.2, 0.25) is 15.9 Å². The molecule has 1 N–H and O–H groups in total. The van der Waals surface area contributed by atoms with E-state index in [-0.39, 0.29) is 5.91 Å². The summed E-state index contributed by atoms with van der Waals surface area (Å²) in [5.41, 5.74) is 4.01. The molecule has 1 atom stereocenters. The number of benzene rings is 2. The van der Waals surface area contributed by atoms with Gasteiger partial charge in [0.25, 0.3) is 0 Å². The minimum Gasteiger partial charge on any atom is -0.324 e. The van der Waals surface area contributed by atoms with Crippen LogP contribution in [0.3, 0.4) is 0 Å². The first-order chi connectivity index (χ1) is 12.5. The van der Waals surface area contributed by atoms with Crippen LogP contribution in [0.1, 0.15) is 30.0 Å². The Hall–Kier alpha value is -2.05. The van der Waals surface area contributed by atoms with Crippen LogP contribution < -0.4 is 9.62 Å². The lowest BCUT2D eigenvalue weighted by Gasteiger charge is -2.30. The number of nitrogens with zero attached hydrogens (tertiary/aromatic N) is 1. The number of nitrogens with one attached hydrogen (secondary N) is 1. The maximum absolute atomic E-state index is 12.9. The third-order valence-electron chi connectivity index (χ3n) is 4.51. The number of hydrogen-bond donors (Lipinski definition) is 1. The highest BCUT2D eigenvalue weighted by molar-refractivity contribution is 7.92. The third-order valence-corrected chi connectivity index (χ3v) is 6.10. The van der Waals surface area contributed by atoms with Crippen LogP contribution in [0.5, 0.6) is 0 Å². The molecular formula is C20H25ClN2O3S. The molecule has 7 heteroatoms. The van der Waals surface area contributed by atoms with Crippen molar-refractivity contribution in [2.24, 2.45) is 0 Å². The van der Waals surface area contributed by atoms with Gasteiger partial charge in [-0.15, -0.1) is 0 Å². The van der Waals surface area contributed by atoms with E-state index in [4.69, 9.17) is 11.6 Å². The second-order valence-corrected chi connectivity index (χ2v) is 8.97. The highest BCUT2D eigenvalue weighted by atomic mass is 35.5. The van der Waals surface area contributed by atoms with E-state index in [9.17, 15) is 13.2 Å². The molecule has 0 aliphatic heterocycles. The van der Waals surface area contributed by atoms with Gasteiger partial charge < -0.3 is 5.32 Å². The molecule has 0 spiro atoms. The number of sulfonamides is 1. The normalized spacial score (nSPS) is 12.5. The number of hydrogen-bond acceptors (Lipinski definition) is 3. The average molecular weight is 409 g/mol. The molecule has 5 nitrogen and oxygen atoms in total. The van der Waals surface area contributed by atoms with Gasteiger partial charge in [-0.05, 0) is 68.1 Å². The van der Waals surface area contributed by atoms with Crippen LogP contribution in [0.25, 0.3) is 0 Å². The molecule has 0 saturated carbocycles. The van der Waals surface area contributed by atoms with Crippen molar-refractivity contribution >= 4 is 38.9 Å². The van der Waals surface area contributed by atoms with E-state index >= 15 is 0 Å². The van der Waals surface area contributed by atoms with E-state index in [0.717, 1.165) is 27.3 Å². The fraction of sp³-hybridized carbons (Fsp3) is 0.350. The van der Waals surface area contributed by atoms with Crippen molar-refractivity contribution in [3.63, 3.8) is 0 Å². The summed E-state index contributed by atoms with van der Waals surface area (Å²) < 4.78 is 26.1. The summed E-state index contributed by atoms with van der Waals surface area (Å²) in [6, 6.07) is 9.68. The first kappa shape index (κ1) is 21.3. The van der Waals surface area contributed by atoms with Crippen molar-refractivity contribution in [3.05, 3.63) is 58.1 Å². The average Bonchev–Trinajstić information content (AvgIpc) is 2.57. The van der Waals surface area contributed by atoms with E-state index in [0.29, 0.717) is 22.8 Å². The molecule has 0 radical (unpaired) electrons. The molecule has 2 aromatic rings. The van der Waals surface area contributed by atoms with Crippen molar-refractivity contribution in [1.29, 1.82) is 0 Å². The molecule has 0 aliphatic carbocycles. The molecule has 0 aliphatic rings. The Balaban J connectivity index is 2.40. The Bertz CT molecular complexity index is 958. The van der Waals surface area contributed by atoms with Crippen LogP contribution in [0.4, 0.5) is 11.4 Å². The molecule has 0 bridgehead atoms. The van der Waals surface area contributed by atoms with Crippen LogP contribution in [0.15, 0.2) is 36.4 Å². The van der Waals surface area contributed by atoms with Gasteiger partial charge in [-0.1, -0.05) is 30.7 Å². The molecular weight excluding hydrogens is 384 g/mol. The van der Waals surface area contributed by atoms with E-state index in [1.165, 1.54) is 0 Å². The maximum atomic E-state index is 12.9. The minimum atomic E-state index is -3.70. The highest BCUT2D eigenvalue weighted by Gasteiger charge is 2.31. The Morgan fingerprint density at radius 1 is 1.07 bits per heavy atom. The molecule has 2 aromatic carbocycles. The van der Waals surface area contributed by atoms with Crippen LogP contribution in [-0.4, -0.2) is 26.6 Å². The van der Waals surface area contributed by atoms with E-state index in [1.54, 1.807) is 31.2 Å². The fourth-order valence-electron chi connectivity index (χ4n) is 2.82. The molecule has 27 heavy (non-hydrogen) atoms. The molecule has 2 rings (SSSR count). The van der Waals surface area contributed by atoms with E-state index in [1.807, 2.05) is 32.9 Å². The quantitative estimate of drug-likeness (QED) is 0.767. The number of aryl methyl sites for hydroxylation is 3.